The van der Waals surface area contributed by atoms with Crippen molar-refractivity contribution in [2.24, 2.45) is 0 Å². The topological polar surface area (TPSA) is 59.5 Å². The molecule has 0 radical (unpaired) electrons. The second-order valence-corrected chi connectivity index (χ2v) is 7.65. The van der Waals surface area contributed by atoms with Gasteiger partial charge in [-0.3, -0.25) is 9.69 Å². The Bertz CT molecular complexity index is 794. The molecule has 0 fully saturated rings. The van der Waals surface area contributed by atoms with Crippen LogP contribution in [0, 0.1) is 20.8 Å². The normalized spacial score (nSPS) is 10.7. The fraction of sp³-hybridized carbons (Fsp3) is 0.476. The zero-order valence-electron chi connectivity index (χ0n) is 16.8. The van der Waals surface area contributed by atoms with Gasteiger partial charge in [0.1, 0.15) is 4.88 Å². The number of unbranched alkanes of at least 4 members (excludes halogenated alkanes) is 2. The van der Waals surface area contributed by atoms with Gasteiger partial charge in [-0.15, -0.1) is 0 Å². The Kier molecular flexibility index (Phi) is 7.54. The van der Waals surface area contributed by atoms with Gasteiger partial charge in [0, 0.05) is 12.1 Å². The van der Waals surface area contributed by atoms with Crippen molar-refractivity contribution >= 4 is 28.3 Å². The number of carbonyl (C=O) groups is 2. The standard InChI is InChI=1S/C21H28N2O3S/c1-6-8-9-10-23(19(24)17-12-14(3)11-15(4)13-17)21-22-16(5)18(27-21)20(25)26-7-2/h11-13H,6-10H2,1-5H3. The lowest BCUT2D eigenvalue weighted by atomic mass is 10.1. The third-order valence-electron chi connectivity index (χ3n) is 4.18. The van der Waals surface area contributed by atoms with Gasteiger partial charge < -0.3 is 4.74 Å². The summed E-state index contributed by atoms with van der Waals surface area (Å²) < 4.78 is 5.10. The average molecular weight is 389 g/mol. The van der Waals surface area contributed by atoms with Crippen LogP contribution in [0.25, 0.3) is 0 Å². The quantitative estimate of drug-likeness (QED) is 0.467. The third-order valence-corrected chi connectivity index (χ3v) is 5.34. The summed E-state index contributed by atoms with van der Waals surface area (Å²) in [6.07, 6.45) is 2.99. The van der Waals surface area contributed by atoms with Gasteiger partial charge in [-0.25, -0.2) is 9.78 Å². The van der Waals surface area contributed by atoms with Gasteiger partial charge in [-0.05, 0) is 46.2 Å². The molecule has 0 aliphatic heterocycles. The number of benzene rings is 1. The number of anilines is 1. The summed E-state index contributed by atoms with van der Waals surface area (Å²) >= 11 is 1.22. The van der Waals surface area contributed by atoms with E-state index in [1.54, 1.807) is 18.7 Å². The van der Waals surface area contributed by atoms with E-state index < -0.39 is 0 Å². The first-order valence-electron chi connectivity index (χ1n) is 9.42. The molecule has 0 spiro atoms. The highest BCUT2D eigenvalue weighted by molar-refractivity contribution is 7.17. The minimum absolute atomic E-state index is 0.0814. The van der Waals surface area contributed by atoms with E-state index in [9.17, 15) is 9.59 Å². The van der Waals surface area contributed by atoms with Crippen LogP contribution in [0.1, 0.15) is 70.0 Å². The van der Waals surface area contributed by atoms with Gasteiger partial charge >= 0.3 is 5.97 Å². The maximum Gasteiger partial charge on any atom is 0.350 e. The van der Waals surface area contributed by atoms with Gasteiger partial charge in [-0.2, -0.15) is 0 Å². The monoisotopic (exact) mass is 388 g/mol. The maximum absolute atomic E-state index is 13.2. The van der Waals surface area contributed by atoms with Gasteiger partial charge in [-0.1, -0.05) is 48.3 Å². The van der Waals surface area contributed by atoms with Crippen molar-refractivity contribution in [3.8, 4) is 0 Å². The molecule has 0 saturated carbocycles. The lowest BCUT2D eigenvalue weighted by molar-refractivity contribution is 0.0531. The molecule has 1 heterocycles. The summed E-state index contributed by atoms with van der Waals surface area (Å²) in [4.78, 5) is 32.0. The van der Waals surface area contributed by atoms with Gasteiger partial charge in [0.25, 0.3) is 5.91 Å². The van der Waals surface area contributed by atoms with Crippen LogP contribution in [0.4, 0.5) is 5.13 Å². The Hall–Kier alpha value is -2.21. The van der Waals surface area contributed by atoms with Crippen molar-refractivity contribution in [1.29, 1.82) is 0 Å². The highest BCUT2D eigenvalue weighted by Gasteiger charge is 2.24. The van der Waals surface area contributed by atoms with Crippen LogP contribution in [0.15, 0.2) is 18.2 Å². The second kappa shape index (κ2) is 9.65. The number of rotatable bonds is 8. The van der Waals surface area contributed by atoms with E-state index in [-0.39, 0.29) is 11.9 Å². The summed E-state index contributed by atoms with van der Waals surface area (Å²) in [5.74, 6) is -0.465. The first-order chi connectivity index (χ1) is 12.9. The Balaban J connectivity index is 2.38. The largest absolute Gasteiger partial charge is 0.462 e. The molecule has 0 saturated heterocycles. The minimum atomic E-state index is -0.383. The predicted octanol–water partition coefficient (Wildman–Crippen LogP) is 5.08. The average Bonchev–Trinajstić information content (AvgIpc) is 2.99. The Morgan fingerprint density at radius 3 is 2.33 bits per heavy atom. The van der Waals surface area contributed by atoms with Crippen molar-refractivity contribution in [2.45, 2.75) is 53.9 Å². The molecule has 0 N–H and O–H groups in total. The Labute approximate surface area is 165 Å². The highest BCUT2D eigenvalue weighted by atomic mass is 32.1. The molecule has 146 valence electrons. The smallest absolute Gasteiger partial charge is 0.350 e. The molecule has 0 unspecified atom stereocenters. The van der Waals surface area contributed by atoms with E-state index in [1.165, 1.54) is 11.3 Å². The maximum atomic E-state index is 13.2. The molecule has 5 nitrogen and oxygen atoms in total. The molecular weight excluding hydrogens is 360 g/mol. The number of ether oxygens (including phenoxy) is 1. The van der Waals surface area contributed by atoms with Gasteiger partial charge in [0.15, 0.2) is 5.13 Å². The first kappa shape index (κ1) is 21.1. The zero-order valence-corrected chi connectivity index (χ0v) is 17.6. The summed E-state index contributed by atoms with van der Waals surface area (Å²) in [5.41, 5.74) is 3.35. The molecule has 6 heteroatoms. The number of esters is 1. The van der Waals surface area contributed by atoms with E-state index in [4.69, 9.17) is 4.74 Å². The van der Waals surface area contributed by atoms with E-state index in [0.29, 0.717) is 34.4 Å². The molecule has 0 aliphatic rings. The lowest BCUT2D eigenvalue weighted by Crippen LogP contribution is -2.32. The Morgan fingerprint density at radius 1 is 1.07 bits per heavy atom. The Morgan fingerprint density at radius 2 is 1.74 bits per heavy atom. The molecule has 0 aliphatic carbocycles. The van der Waals surface area contributed by atoms with Crippen molar-refractivity contribution in [3.05, 3.63) is 45.5 Å². The van der Waals surface area contributed by atoms with Crippen LogP contribution < -0.4 is 4.90 Å². The summed E-state index contributed by atoms with van der Waals surface area (Å²) in [6, 6.07) is 5.84. The number of amides is 1. The van der Waals surface area contributed by atoms with E-state index in [1.807, 2.05) is 32.0 Å². The van der Waals surface area contributed by atoms with Gasteiger partial charge in [0.2, 0.25) is 0 Å². The van der Waals surface area contributed by atoms with E-state index in [2.05, 4.69) is 11.9 Å². The number of hydrogen-bond donors (Lipinski definition) is 0. The van der Waals surface area contributed by atoms with Crippen LogP contribution in [-0.4, -0.2) is 30.0 Å². The highest BCUT2D eigenvalue weighted by Crippen LogP contribution is 2.29. The number of aryl methyl sites for hydroxylation is 3. The van der Waals surface area contributed by atoms with Crippen LogP contribution in [0.3, 0.4) is 0 Å². The van der Waals surface area contributed by atoms with Gasteiger partial charge in [0.05, 0.1) is 12.3 Å². The predicted molar refractivity (Wildman–Crippen MR) is 110 cm³/mol. The van der Waals surface area contributed by atoms with Crippen LogP contribution >= 0.6 is 11.3 Å². The molecule has 27 heavy (non-hydrogen) atoms. The van der Waals surface area contributed by atoms with Crippen molar-refractivity contribution in [2.75, 3.05) is 18.1 Å². The molecule has 2 rings (SSSR count). The number of thiazole rings is 1. The molecule has 1 aromatic carbocycles. The fourth-order valence-corrected chi connectivity index (χ4v) is 3.93. The van der Waals surface area contributed by atoms with Crippen LogP contribution in [-0.2, 0) is 4.74 Å². The molecular formula is C21H28N2O3S. The van der Waals surface area contributed by atoms with Crippen LogP contribution in [0.2, 0.25) is 0 Å². The number of nitrogens with zero attached hydrogens (tertiary/aromatic N) is 2. The minimum Gasteiger partial charge on any atom is -0.462 e. The lowest BCUT2D eigenvalue weighted by Gasteiger charge is -2.20. The molecule has 0 bridgehead atoms. The SMILES string of the molecule is CCCCCN(C(=O)c1cc(C)cc(C)c1)c1nc(C)c(C(=O)OCC)s1. The molecule has 1 amide bonds. The summed E-state index contributed by atoms with van der Waals surface area (Å²) in [7, 11) is 0. The molecule has 1 aromatic heterocycles. The van der Waals surface area contributed by atoms with Crippen LogP contribution in [0.5, 0.6) is 0 Å². The summed E-state index contributed by atoms with van der Waals surface area (Å²) in [5, 5.41) is 0.552. The summed E-state index contributed by atoms with van der Waals surface area (Å²) in [6.45, 7) is 10.5. The van der Waals surface area contributed by atoms with E-state index >= 15 is 0 Å². The molecule has 2 aromatic rings. The zero-order chi connectivity index (χ0) is 20.0. The fourth-order valence-electron chi connectivity index (χ4n) is 2.94. The number of carbonyl (C=O) groups excluding carboxylic acids is 2. The molecule has 0 atom stereocenters. The number of aromatic nitrogens is 1. The van der Waals surface area contributed by atoms with Crippen molar-refractivity contribution in [1.82, 2.24) is 4.98 Å². The van der Waals surface area contributed by atoms with Crippen molar-refractivity contribution in [3.63, 3.8) is 0 Å². The van der Waals surface area contributed by atoms with Crippen molar-refractivity contribution < 1.29 is 14.3 Å². The third kappa shape index (κ3) is 5.39. The van der Waals surface area contributed by atoms with E-state index in [0.717, 1.165) is 30.4 Å². The second-order valence-electron chi connectivity index (χ2n) is 6.67. The number of hydrogen-bond acceptors (Lipinski definition) is 5. The first-order valence-corrected chi connectivity index (χ1v) is 10.2.